The van der Waals surface area contributed by atoms with Crippen LogP contribution in [0, 0.1) is 6.92 Å². The van der Waals surface area contributed by atoms with E-state index in [9.17, 15) is 0 Å². The van der Waals surface area contributed by atoms with Gasteiger partial charge in [-0.25, -0.2) is 9.97 Å². The lowest BCUT2D eigenvalue weighted by Gasteiger charge is -2.03. The predicted octanol–water partition coefficient (Wildman–Crippen LogP) is 2.02. The molecule has 2 aromatic rings. The molecule has 0 atom stereocenters. The minimum atomic E-state index is 0.711. The number of nitrogens with zero attached hydrogens (tertiary/aromatic N) is 4. The van der Waals surface area contributed by atoms with E-state index in [2.05, 4.69) is 36.3 Å². The average Bonchev–Trinajstić information content (AvgIpc) is 2.49. The lowest BCUT2D eigenvalue weighted by Crippen LogP contribution is -1.98. The maximum Gasteiger partial charge on any atom is 0.153 e. The molecule has 2 rings (SSSR count). The summed E-state index contributed by atoms with van der Waals surface area (Å²) in [7, 11) is 1.87. The van der Waals surface area contributed by atoms with Gasteiger partial charge in [0.05, 0.1) is 0 Å². The molecule has 5 nitrogen and oxygen atoms in total. The van der Waals surface area contributed by atoms with Crippen molar-refractivity contribution in [2.75, 3.05) is 5.32 Å². The van der Waals surface area contributed by atoms with Crippen LogP contribution in [0.3, 0.4) is 0 Å². The maximum atomic E-state index is 4.24. The third kappa shape index (κ3) is 2.53. The van der Waals surface area contributed by atoms with Crippen molar-refractivity contribution >= 4 is 27.6 Å². The summed E-state index contributed by atoms with van der Waals surface area (Å²) in [6.45, 7) is 1.84. The molecule has 0 spiro atoms. The highest BCUT2D eigenvalue weighted by Gasteiger charge is 2.01. The molecule has 78 valence electrons. The predicted molar refractivity (Wildman–Crippen MR) is 61.0 cm³/mol. The summed E-state index contributed by atoms with van der Waals surface area (Å²) in [5, 5.41) is 7.29. The van der Waals surface area contributed by atoms with Crippen LogP contribution >= 0.6 is 15.9 Å². The molecule has 6 heteroatoms. The van der Waals surface area contributed by atoms with E-state index in [1.165, 1.54) is 0 Å². The largest absolute Gasteiger partial charge is 0.323 e. The van der Waals surface area contributed by atoms with Crippen LogP contribution in [0.1, 0.15) is 5.82 Å². The monoisotopic (exact) mass is 267 g/mol. The molecule has 0 saturated heterocycles. The summed E-state index contributed by atoms with van der Waals surface area (Å²) in [5.74, 6) is 2.21. The van der Waals surface area contributed by atoms with Crippen LogP contribution < -0.4 is 5.32 Å². The van der Waals surface area contributed by atoms with Crippen molar-refractivity contribution < 1.29 is 0 Å². The van der Waals surface area contributed by atoms with Crippen molar-refractivity contribution in [3.8, 4) is 0 Å². The van der Waals surface area contributed by atoms with E-state index in [4.69, 9.17) is 0 Å². The number of anilines is 2. The Kier molecular flexibility index (Phi) is 2.68. The topological polar surface area (TPSA) is 55.6 Å². The van der Waals surface area contributed by atoms with Gasteiger partial charge in [-0.2, -0.15) is 5.10 Å². The summed E-state index contributed by atoms with van der Waals surface area (Å²) in [5.41, 5.74) is 0. The third-order valence-electron chi connectivity index (χ3n) is 1.78. The lowest BCUT2D eigenvalue weighted by molar-refractivity contribution is 0.771. The van der Waals surface area contributed by atoms with Gasteiger partial charge in [-0.05, 0) is 22.9 Å². The molecule has 0 amide bonds. The van der Waals surface area contributed by atoms with E-state index in [1.54, 1.807) is 4.68 Å². The number of halogens is 1. The highest BCUT2D eigenvalue weighted by molar-refractivity contribution is 9.10. The molecule has 0 aliphatic carbocycles. The normalized spacial score (nSPS) is 10.3. The third-order valence-corrected chi connectivity index (χ3v) is 2.18. The minimum absolute atomic E-state index is 0.711. The first-order valence-corrected chi connectivity index (χ1v) is 5.20. The summed E-state index contributed by atoms with van der Waals surface area (Å²) < 4.78 is 2.49. The second-order valence-electron chi connectivity index (χ2n) is 3.12. The zero-order valence-electron chi connectivity index (χ0n) is 8.40. The second kappa shape index (κ2) is 3.98. The van der Waals surface area contributed by atoms with Gasteiger partial charge in [0.1, 0.15) is 16.2 Å². The molecule has 0 aromatic carbocycles. The molecule has 0 fully saturated rings. The van der Waals surface area contributed by atoms with Crippen LogP contribution in [0.25, 0.3) is 0 Å². The highest BCUT2D eigenvalue weighted by Crippen LogP contribution is 2.15. The van der Waals surface area contributed by atoms with Gasteiger partial charge in [0.15, 0.2) is 5.82 Å². The molecule has 15 heavy (non-hydrogen) atoms. The average molecular weight is 268 g/mol. The van der Waals surface area contributed by atoms with E-state index in [1.807, 2.05) is 32.3 Å². The van der Waals surface area contributed by atoms with Gasteiger partial charge in [-0.15, -0.1) is 0 Å². The van der Waals surface area contributed by atoms with Gasteiger partial charge in [-0.3, -0.25) is 4.68 Å². The first-order valence-electron chi connectivity index (χ1n) is 4.41. The van der Waals surface area contributed by atoms with E-state index in [-0.39, 0.29) is 0 Å². The van der Waals surface area contributed by atoms with Crippen LogP contribution in [0.15, 0.2) is 22.9 Å². The number of aryl methyl sites for hydroxylation is 2. The van der Waals surface area contributed by atoms with Gasteiger partial charge >= 0.3 is 0 Å². The Bertz CT molecular complexity index is 459. The molecular formula is C9H10BrN5. The number of rotatable bonds is 2. The first kappa shape index (κ1) is 10.1. The summed E-state index contributed by atoms with van der Waals surface area (Å²) in [6.07, 6.45) is 1.87. The zero-order chi connectivity index (χ0) is 10.8. The van der Waals surface area contributed by atoms with Gasteiger partial charge in [0, 0.05) is 25.4 Å². The summed E-state index contributed by atoms with van der Waals surface area (Å²) in [6, 6.07) is 3.69. The Hall–Kier alpha value is -1.43. The van der Waals surface area contributed by atoms with Crippen molar-refractivity contribution in [3.05, 3.63) is 28.8 Å². The molecule has 1 N–H and O–H groups in total. The van der Waals surface area contributed by atoms with Crippen molar-refractivity contribution in [1.29, 1.82) is 0 Å². The minimum Gasteiger partial charge on any atom is -0.323 e. The van der Waals surface area contributed by atoms with Gasteiger partial charge in [-0.1, -0.05) is 0 Å². The smallest absolute Gasteiger partial charge is 0.153 e. The maximum absolute atomic E-state index is 4.24. The lowest BCUT2D eigenvalue weighted by atomic mass is 10.5. The SMILES string of the molecule is Cc1nc(Br)cc(Nc2ccn(C)n2)n1. The molecule has 0 aliphatic heterocycles. The zero-order valence-corrected chi connectivity index (χ0v) is 9.98. The standard InChI is InChI=1S/C9H10BrN5/c1-6-11-7(10)5-9(12-6)13-8-3-4-15(2)14-8/h3-5H,1-2H3,(H,11,12,13,14). The number of hydrogen-bond acceptors (Lipinski definition) is 4. The molecule has 0 saturated carbocycles. The number of aromatic nitrogens is 4. The van der Waals surface area contributed by atoms with Gasteiger partial charge < -0.3 is 5.32 Å². The van der Waals surface area contributed by atoms with Crippen LogP contribution in [-0.2, 0) is 7.05 Å². The van der Waals surface area contributed by atoms with Crippen molar-refractivity contribution in [2.45, 2.75) is 6.92 Å². The molecular weight excluding hydrogens is 258 g/mol. The Morgan fingerprint density at radius 1 is 1.33 bits per heavy atom. The van der Waals surface area contributed by atoms with Gasteiger partial charge in [0.25, 0.3) is 0 Å². The van der Waals surface area contributed by atoms with Gasteiger partial charge in [0.2, 0.25) is 0 Å². The van der Waals surface area contributed by atoms with E-state index < -0.39 is 0 Å². The fourth-order valence-electron chi connectivity index (χ4n) is 1.21. The number of hydrogen-bond donors (Lipinski definition) is 1. The van der Waals surface area contributed by atoms with Crippen LogP contribution in [0.2, 0.25) is 0 Å². The molecule has 0 radical (unpaired) electrons. The summed E-state index contributed by atoms with van der Waals surface area (Å²) >= 11 is 3.31. The number of nitrogens with one attached hydrogen (secondary N) is 1. The fourth-order valence-corrected chi connectivity index (χ4v) is 1.68. The van der Waals surface area contributed by atoms with E-state index >= 15 is 0 Å². The Labute approximate surface area is 95.7 Å². The Balaban J connectivity index is 2.24. The molecule has 0 aliphatic rings. The Morgan fingerprint density at radius 2 is 2.13 bits per heavy atom. The van der Waals surface area contributed by atoms with Crippen molar-refractivity contribution in [1.82, 2.24) is 19.7 Å². The second-order valence-corrected chi connectivity index (χ2v) is 3.94. The van der Waals surface area contributed by atoms with Crippen LogP contribution in [0.4, 0.5) is 11.6 Å². The molecule has 0 unspecified atom stereocenters. The van der Waals surface area contributed by atoms with Crippen LogP contribution in [-0.4, -0.2) is 19.7 Å². The summed E-state index contributed by atoms with van der Waals surface area (Å²) in [4.78, 5) is 8.36. The molecule has 0 bridgehead atoms. The van der Waals surface area contributed by atoms with Crippen molar-refractivity contribution in [2.24, 2.45) is 7.05 Å². The quantitative estimate of drug-likeness (QED) is 0.846. The Morgan fingerprint density at radius 3 is 2.73 bits per heavy atom. The first-order chi connectivity index (χ1) is 7.13. The van der Waals surface area contributed by atoms with Crippen molar-refractivity contribution in [3.63, 3.8) is 0 Å². The highest BCUT2D eigenvalue weighted by atomic mass is 79.9. The molecule has 2 heterocycles. The molecule has 2 aromatic heterocycles. The van der Waals surface area contributed by atoms with Crippen LogP contribution in [0.5, 0.6) is 0 Å². The van der Waals surface area contributed by atoms with E-state index in [0.717, 1.165) is 16.2 Å². The fraction of sp³-hybridized carbons (Fsp3) is 0.222. The van der Waals surface area contributed by atoms with E-state index in [0.29, 0.717) is 5.82 Å².